The molecule has 3 aromatic rings. The lowest BCUT2D eigenvalue weighted by Gasteiger charge is -2.15. The number of rotatable bonds is 5. The van der Waals surface area contributed by atoms with Gasteiger partial charge in [0.05, 0.1) is 21.4 Å². The van der Waals surface area contributed by atoms with E-state index in [1.54, 1.807) is 54.6 Å². The molecule has 2 N–H and O–H groups in total. The van der Waals surface area contributed by atoms with Gasteiger partial charge in [-0.25, -0.2) is 4.90 Å². The van der Waals surface area contributed by atoms with Crippen LogP contribution in [0.3, 0.4) is 0 Å². The quantitative estimate of drug-likeness (QED) is 0.385. The van der Waals surface area contributed by atoms with E-state index in [4.69, 9.17) is 46.4 Å². The Kier molecular flexibility index (Phi) is 6.63. The summed E-state index contributed by atoms with van der Waals surface area (Å²) in [5, 5.41) is 6.13. The first-order valence-corrected chi connectivity index (χ1v) is 10.9. The number of carbonyl (C=O) groups is 3. The van der Waals surface area contributed by atoms with E-state index in [1.165, 1.54) is 12.1 Å². The molecule has 0 saturated carbocycles. The van der Waals surface area contributed by atoms with Gasteiger partial charge in [0.15, 0.2) is 0 Å². The van der Waals surface area contributed by atoms with Crippen LogP contribution in [-0.2, 0) is 9.59 Å². The number of nitrogens with zero attached hydrogens (tertiary/aromatic N) is 1. The van der Waals surface area contributed by atoms with Gasteiger partial charge in [-0.3, -0.25) is 14.4 Å². The second-order valence-corrected chi connectivity index (χ2v) is 8.48. The first kappa shape index (κ1) is 23.1. The Hall–Kier alpha value is -3.03. The molecule has 0 spiro atoms. The standard InChI is InChI=1S/C23H13Cl4N3O3/c24-13-5-2-7-15(11-13)30-22(32)19(27)20(23(30)33)28-14-6-1-4-12(10-14)21(31)29-17-9-3-8-16(25)18(17)26/h1-11,28H,(H,29,31). The molecule has 10 heteroatoms. The normalized spacial score (nSPS) is 13.5. The summed E-state index contributed by atoms with van der Waals surface area (Å²) < 4.78 is 0. The zero-order valence-corrected chi connectivity index (χ0v) is 19.6. The van der Waals surface area contributed by atoms with Crippen LogP contribution in [0.25, 0.3) is 0 Å². The van der Waals surface area contributed by atoms with Gasteiger partial charge in [0.1, 0.15) is 10.7 Å². The number of anilines is 3. The Balaban J connectivity index is 1.55. The van der Waals surface area contributed by atoms with Gasteiger partial charge in [-0.2, -0.15) is 0 Å². The number of nitrogens with one attached hydrogen (secondary N) is 2. The van der Waals surface area contributed by atoms with Crippen LogP contribution < -0.4 is 15.5 Å². The largest absolute Gasteiger partial charge is 0.350 e. The van der Waals surface area contributed by atoms with Crippen molar-refractivity contribution < 1.29 is 14.4 Å². The predicted molar refractivity (Wildman–Crippen MR) is 131 cm³/mol. The molecular weight excluding hydrogens is 508 g/mol. The molecule has 0 fully saturated rings. The maximum atomic E-state index is 12.9. The maximum Gasteiger partial charge on any atom is 0.283 e. The second-order valence-electron chi connectivity index (χ2n) is 6.88. The number of hydrogen-bond acceptors (Lipinski definition) is 4. The van der Waals surface area contributed by atoms with Crippen LogP contribution in [-0.4, -0.2) is 17.7 Å². The van der Waals surface area contributed by atoms with E-state index >= 15 is 0 Å². The third-order valence-electron chi connectivity index (χ3n) is 4.69. The zero-order valence-electron chi connectivity index (χ0n) is 16.5. The minimum atomic E-state index is -0.684. The summed E-state index contributed by atoms with van der Waals surface area (Å²) in [4.78, 5) is 39.2. The van der Waals surface area contributed by atoms with Crippen LogP contribution in [0.15, 0.2) is 77.5 Å². The van der Waals surface area contributed by atoms with Gasteiger partial charge in [-0.05, 0) is 48.5 Å². The number of carbonyl (C=O) groups excluding carboxylic acids is 3. The van der Waals surface area contributed by atoms with Crippen molar-refractivity contribution in [1.29, 1.82) is 0 Å². The summed E-state index contributed by atoms with van der Waals surface area (Å²) >= 11 is 24.3. The van der Waals surface area contributed by atoms with Crippen LogP contribution in [0.1, 0.15) is 10.4 Å². The minimum Gasteiger partial charge on any atom is -0.350 e. The molecule has 0 aromatic heterocycles. The van der Waals surface area contributed by atoms with E-state index in [0.29, 0.717) is 27.1 Å². The summed E-state index contributed by atoms with van der Waals surface area (Å²) in [6.07, 6.45) is 0. The van der Waals surface area contributed by atoms with E-state index in [2.05, 4.69) is 10.6 Å². The summed E-state index contributed by atoms with van der Waals surface area (Å²) in [5.74, 6) is -1.78. The molecule has 166 valence electrons. The van der Waals surface area contributed by atoms with E-state index in [9.17, 15) is 14.4 Å². The van der Waals surface area contributed by atoms with Crippen LogP contribution in [0.5, 0.6) is 0 Å². The maximum absolute atomic E-state index is 12.9. The van der Waals surface area contributed by atoms with E-state index in [0.717, 1.165) is 4.90 Å². The van der Waals surface area contributed by atoms with Gasteiger partial charge in [0.2, 0.25) is 0 Å². The zero-order chi connectivity index (χ0) is 23.7. The van der Waals surface area contributed by atoms with Crippen molar-refractivity contribution in [3.63, 3.8) is 0 Å². The summed E-state index contributed by atoms with van der Waals surface area (Å²) in [7, 11) is 0. The van der Waals surface area contributed by atoms with Crippen LogP contribution in [0.2, 0.25) is 15.1 Å². The number of imide groups is 1. The van der Waals surface area contributed by atoms with Crippen LogP contribution >= 0.6 is 46.4 Å². The fraction of sp³-hybridized carbons (Fsp3) is 0. The van der Waals surface area contributed by atoms with E-state index in [-0.39, 0.29) is 21.3 Å². The Morgan fingerprint density at radius 3 is 2.30 bits per heavy atom. The van der Waals surface area contributed by atoms with Gasteiger partial charge in [0.25, 0.3) is 17.7 Å². The van der Waals surface area contributed by atoms with E-state index < -0.39 is 17.7 Å². The SMILES string of the molecule is O=C(Nc1cccc(Cl)c1Cl)c1cccc(NC2=C(Cl)C(=O)N(c3cccc(Cl)c3)C2=O)c1. The van der Waals surface area contributed by atoms with Crippen molar-refractivity contribution in [2.24, 2.45) is 0 Å². The number of benzene rings is 3. The van der Waals surface area contributed by atoms with Crippen molar-refractivity contribution in [2.45, 2.75) is 0 Å². The molecule has 4 rings (SSSR count). The number of halogens is 4. The highest BCUT2D eigenvalue weighted by atomic mass is 35.5. The lowest BCUT2D eigenvalue weighted by atomic mass is 10.1. The molecule has 0 atom stereocenters. The van der Waals surface area contributed by atoms with Gasteiger partial charge < -0.3 is 10.6 Å². The average molecular weight is 521 g/mol. The topological polar surface area (TPSA) is 78.5 Å². The van der Waals surface area contributed by atoms with Crippen molar-refractivity contribution in [3.8, 4) is 0 Å². The first-order chi connectivity index (χ1) is 15.8. The van der Waals surface area contributed by atoms with Gasteiger partial charge >= 0.3 is 0 Å². The summed E-state index contributed by atoms with van der Waals surface area (Å²) in [6.45, 7) is 0. The first-order valence-electron chi connectivity index (χ1n) is 9.43. The predicted octanol–water partition coefficient (Wildman–Crippen LogP) is 6.33. The highest BCUT2D eigenvalue weighted by Crippen LogP contribution is 2.32. The highest BCUT2D eigenvalue weighted by molar-refractivity contribution is 6.53. The molecule has 1 aliphatic heterocycles. The van der Waals surface area contributed by atoms with Crippen molar-refractivity contribution >= 4 is 81.2 Å². The molecule has 1 aliphatic rings. The lowest BCUT2D eigenvalue weighted by Crippen LogP contribution is -2.32. The Labute approximate surface area is 208 Å². The van der Waals surface area contributed by atoms with Gasteiger partial charge in [0, 0.05) is 16.3 Å². The molecule has 33 heavy (non-hydrogen) atoms. The number of hydrogen-bond donors (Lipinski definition) is 2. The highest BCUT2D eigenvalue weighted by Gasteiger charge is 2.39. The van der Waals surface area contributed by atoms with E-state index in [1.807, 2.05) is 0 Å². The molecule has 0 aliphatic carbocycles. The average Bonchev–Trinajstić information content (AvgIpc) is 3.00. The molecule has 3 aromatic carbocycles. The fourth-order valence-electron chi connectivity index (χ4n) is 3.14. The number of amides is 3. The van der Waals surface area contributed by atoms with Crippen LogP contribution in [0.4, 0.5) is 17.1 Å². The molecular formula is C23H13Cl4N3O3. The summed E-state index contributed by atoms with van der Waals surface area (Å²) in [6, 6.07) is 17.5. The molecule has 1 heterocycles. The Bertz CT molecular complexity index is 1340. The molecule has 0 saturated heterocycles. The van der Waals surface area contributed by atoms with Gasteiger partial charge in [-0.1, -0.05) is 64.6 Å². The van der Waals surface area contributed by atoms with Crippen molar-refractivity contribution in [2.75, 3.05) is 15.5 Å². The molecule has 6 nitrogen and oxygen atoms in total. The lowest BCUT2D eigenvalue weighted by molar-refractivity contribution is -0.120. The Morgan fingerprint density at radius 1 is 0.818 bits per heavy atom. The third kappa shape index (κ3) is 4.70. The second kappa shape index (κ2) is 9.45. The summed E-state index contributed by atoms with van der Waals surface area (Å²) in [5.41, 5.74) is 1.18. The fourth-order valence-corrected chi connectivity index (χ4v) is 3.88. The van der Waals surface area contributed by atoms with Crippen LogP contribution in [0, 0.1) is 0 Å². The third-order valence-corrected chi connectivity index (χ3v) is 6.09. The molecule has 3 amide bonds. The Morgan fingerprint density at radius 2 is 1.55 bits per heavy atom. The monoisotopic (exact) mass is 519 g/mol. The minimum absolute atomic E-state index is 0.114. The van der Waals surface area contributed by atoms with Crippen molar-refractivity contribution in [3.05, 3.63) is 98.1 Å². The molecule has 0 radical (unpaired) electrons. The smallest absolute Gasteiger partial charge is 0.283 e. The van der Waals surface area contributed by atoms with Gasteiger partial charge in [-0.15, -0.1) is 0 Å². The molecule has 0 bridgehead atoms. The molecule has 0 unspecified atom stereocenters. The van der Waals surface area contributed by atoms with Crippen molar-refractivity contribution in [1.82, 2.24) is 0 Å².